The molecule has 4 rings (SSSR count). The Morgan fingerprint density at radius 2 is 2.00 bits per heavy atom. The van der Waals surface area contributed by atoms with Gasteiger partial charge in [-0.15, -0.1) is 0 Å². The number of anilines is 2. The first-order valence-electron chi connectivity index (χ1n) is 13.4. The average Bonchev–Trinajstić information content (AvgIpc) is 3.27. The van der Waals surface area contributed by atoms with Crippen LogP contribution >= 0.6 is 0 Å². The summed E-state index contributed by atoms with van der Waals surface area (Å²) in [5, 5.41) is 42.9. The third-order valence-electron chi connectivity index (χ3n) is 6.79. The molecule has 12 heteroatoms. The average molecular weight is 544 g/mol. The maximum Gasteiger partial charge on any atom is 0.415 e. The molecule has 2 aromatic rings. The van der Waals surface area contributed by atoms with Gasteiger partial charge < -0.3 is 30.3 Å². The predicted molar refractivity (Wildman–Crippen MR) is 148 cm³/mol. The molecule has 0 saturated heterocycles. The lowest BCUT2D eigenvalue weighted by Crippen LogP contribution is -2.40. The number of hydrogen-bond donors (Lipinski definition) is 5. The first-order valence-corrected chi connectivity index (χ1v) is 13.4. The second kappa shape index (κ2) is 11.5. The van der Waals surface area contributed by atoms with Crippen LogP contribution in [0, 0.1) is 0 Å². The highest BCUT2D eigenvalue weighted by molar-refractivity contribution is 5.87. The van der Waals surface area contributed by atoms with E-state index in [1.807, 2.05) is 26.1 Å². The molecule has 5 N–H and O–H groups in total. The van der Waals surface area contributed by atoms with Crippen molar-refractivity contribution in [1.29, 1.82) is 0 Å². The van der Waals surface area contributed by atoms with Crippen molar-refractivity contribution in [3.8, 4) is 0 Å². The second-order valence-electron chi connectivity index (χ2n) is 11.5. The quantitative estimate of drug-likeness (QED) is 0.330. The zero-order valence-electron chi connectivity index (χ0n) is 23.5. The van der Waals surface area contributed by atoms with E-state index in [0.29, 0.717) is 35.0 Å². The van der Waals surface area contributed by atoms with E-state index in [4.69, 9.17) is 9.72 Å². The lowest BCUT2D eigenvalue weighted by atomic mass is 9.93. The molecule has 1 amide bonds. The molecule has 0 aromatic carbocycles. The molecular weight excluding hydrogens is 502 g/mol. The Morgan fingerprint density at radius 3 is 2.67 bits per heavy atom. The van der Waals surface area contributed by atoms with Crippen LogP contribution < -0.4 is 15.5 Å². The number of amides is 1. The Hall–Kier alpha value is -3.19. The third kappa shape index (κ3) is 6.70. The van der Waals surface area contributed by atoms with Gasteiger partial charge in [-0.3, -0.25) is 10.2 Å². The van der Waals surface area contributed by atoms with Crippen LogP contribution in [-0.4, -0.2) is 78.0 Å². The van der Waals surface area contributed by atoms with Crippen LogP contribution in [0.1, 0.15) is 72.1 Å². The SMILES string of the molecule is CC(C)N1C=CC=C(Nc2cc(N(C)C(=O)OC(C)(C)C)n3ncc(C(O)NC4CCC[C@H](O)C4)c3n2)C1O. The minimum atomic E-state index is -1.10. The molecule has 39 heavy (non-hydrogen) atoms. The molecule has 214 valence electrons. The summed E-state index contributed by atoms with van der Waals surface area (Å²) < 4.78 is 7.04. The van der Waals surface area contributed by atoms with Crippen LogP contribution in [-0.2, 0) is 4.74 Å². The van der Waals surface area contributed by atoms with Crippen LogP contribution in [0.2, 0.25) is 0 Å². The fourth-order valence-electron chi connectivity index (χ4n) is 4.80. The van der Waals surface area contributed by atoms with Gasteiger partial charge in [0.05, 0.1) is 23.6 Å². The van der Waals surface area contributed by atoms with Gasteiger partial charge in [-0.05, 0) is 72.5 Å². The van der Waals surface area contributed by atoms with Crippen molar-refractivity contribution < 1.29 is 24.9 Å². The van der Waals surface area contributed by atoms with E-state index in [1.54, 1.807) is 44.9 Å². The number of rotatable bonds is 7. The Morgan fingerprint density at radius 1 is 1.26 bits per heavy atom. The van der Waals surface area contributed by atoms with Gasteiger partial charge in [0.25, 0.3) is 0 Å². The van der Waals surface area contributed by atoms with Crippen LogP contribution in [0.5, 0.6) is 0 Å². The van der Waals surface area contributed by atoms with Crippen LogP contribution in [0.15, 0.2) is 36.3 Å². The van der Waals surface area contributed by atoms with Gasteiger partial charge >= 0.3 is 6.09 Å². The summed E-state index contributed by atoms with van der Waals surface area (Å²) in [6.07, 6.45) is 6.93. The number of hydrogen-bond acceptors (Lipinski definition) is 10. The van der Waals surface area contributed by atoms with E-state index < -0.39 is 30.3 Å². The molecule has 1 aliphatic carbocycles. The Labute approximate surface area is 229 Å². The van der Waals surface area contributed by atoms with Gasteiger partial charge in [-0.1, -0.05) is 0 Å². The predicted octanol–water partition coefficient (Wildman–Crippen LogP) is 2.84. The molecule has 2 aromatic heterocycles. The molecule has 12 nitrogen and oxygen atoms in total. The van der Waals surface area contributed by atoms with Crippen LogP contribution in [0.3, 0.4) is 0 Å². The number of aliphatic hydroxyl groups excluding tert-OH is 3. The number of carbonyl (C=O) groups is 1. The molecular formula is C27H41N7O5. The number of nitrogens with one attached hydrogen (secondary N) is 2. The summed E-state index contributed by atoms with van der Waals surface area (Å²) in [5.74, 6) is 0.699. The summed E-state index contributed by atoms with van der Waals surface area (Å²) in [7, 11) is 1.57. The highest BCUT2D eigenvalue weighted by atomic mass is 16.6. The van der Waals surface area contributed by atoms with Gasteiger partial charge in [-0.25, -0.2) is 9.78 Å². The third-order valence-corrected chi connectivity index (χ3v) is 6.79. The largest absolute Gasteiger partial charge is 0.443 e. The molecule has 0 spiro atoms. The van der Waals surface area contributed by atoms with Crippen molar-refractivity contribution in [1.82, 2.24) is 24.8 Å². The standard InChI is InChI=1S/C27H41N7O5/c1-16(2)33-12-8-11-20(25(33)37)30-21-14-22(32(6)26(38)39-27(3,4)5)34-23(31-21)19(15-28-34)24(36)29-17-9-7-10-18(35)13-17/h8,11-12,14-18,24-25,29,35-37H,7,9-10,13H2,1-6H3,(H,30,31)/t17?,18-,24?,25?/m0/s1. The topological polar surface area (TPSA) is 148 Å². The molecule has 1 saturated carbocycles. The molecule has 4 atom stereocenters. The minimum Gasteiger partial charge on any atom is -0.443 e. The van der Waals surface area contributed by atoms with E-state index >= 15 is 0 Å². The van der Waals surface area contributed by atoms with Crippen molar-refractivity contribution >= 4 is 23.4 Å². The van der Waals surface area contributed by atoms with Crippen molar-refractivity contribution in [3.05, 3.63) is 41.9 Å². The first-order chi connectivity index (χ1) is 18.3. The van der Waals surface area contributed by atoms with E-state index in [0.717, 1.165) is 19.3 Å². The van der Waals surface area contributed by atoms with Crippen LogP contribution in [0.4, 0.5) is 16.4 Å². The van der Waals surface area contributed by atoms with E-state index in [2.05, 4.69) is 15.7 Å². The highest BCUT2D eigenvalue weighted by Crippen LogP contribution is 2.28. The van der Waals surface area contributed by atoms with Crippen molar-refractivity contribution in [2.45, 2.75) is 96.5 Å². The maximum absolute atomic E-state index is 13.0. The summed E-state index contributed by atoms with van der Waals surface area (Å²) in [6.45, 7) is 9.32. The summed E-state index contributed by atoms with van der Waals surface area (Å²) in [5.41, 5.74) is 0.538. The molecule has 1 aliphatic heterocycles. The summed E-state index contributed by atoms with van der Waals surface area (Å²) in [4.78, 5) is 20.8. The second-order valence-corrected chi connectivity index (χ2v) is 11.5. The molecule has 3 unspecified atom stereocenters. The lowest BCUT2D eigenvalue weighted by molar-refractivity contribution is 0.0477. The fraction of sp³-hybridized carbons (Fsp3) is 0.593. The normalized spacial score (nSPS) is 22.7. The molecule has 0 radical (unpaired) electrons. The molecule has 2 aliphatic rings. The molecule has 0 bridgehead atoms. The number of carbonyl (C=O) groups excluding carboxylic acids is 1. The number of nitrogens with zero attached hydrogens (tertiary/aromatic N) is 5. The number of ether oxygens (including phenoxy) is 1. The maximum atomic E-state index is 13.0. The van der Waals surface area contributed by atoms with Gasteiger partial charge in [0.15, 0.2) is 11.9 Å². The summed E-state index contributed by atoms with van der Waals surface area (Å²) in [6, 6.07) is 1.64. The minimum absolute atomic E-state index is 0.0553. The van der Waals surface area contributed by atoms with E-state index in [9.17, 15) is 20.1 Å². The Bertz CT molecular complexity index is 1240. The van der Waals surface area contributed by atoms with Gasteiger partial charge in [0.1, 0.15) is 23.5 Å². The number of aliphatic hydroxyl groups is 3. The Balaban J connectivity index is 1.71. The van der Waals surface area contributed by atoms with Crippen LogP contribution in [0.25, 0.3) is 5.65 Å². The zero-order chi connectivity index (χ0) is 28.5. The summed E-state index contributed by atoms with van der Waals surface area (Å²) >= 11 is 0. The molecule has 3 heterocycles. The number of fused-ring (bicyclic) bond motifs is 1. The lowest BCUT2D eigenvalue weighted by Gasteiger charge is -2.34. The fourth-order valence-corrected chi connectivity index (χ4v) is 4.80. The highest BCUT2D eigenvalue weighted by Gasteiger charge is 2.28. The van der Waals surface area contributed by atoms with Crippen molar-refractivity contribution in [2.75, 3.05) is 17.3 Å². The number of aromatic nitrogens is 3. The zero-order valence-corrected chi connectivity index (χ0v) is 23.5. The van der Waals surface area contributed by atoms with Gasteiger partial charge in [-0.2, -0.15) is 9.61 Å². The number of allylic oxidation sites excluding steroid dienone is 2. The van der Waals surface area contributed by atoms with Gasteiger partial charge in [0, 0.05) is 31.4 Å². The monoisotopic (exact) mass is 543 g/mol. The molecule has 1 fully saturated rings. The van der Waals surface area contributed by atoms with E-state index in [1.165, 1.54) is 15.6 Å². The smallest absolute Gasteiger partial charge is 0.415 e. The Kier molecular flexibility index (Phi) is 8.50. The van der Waals surface area contributed by atoms with Gasteiger partial charge in [0.2, 0.25) is 0 Å². The van der Waals surface area contributed by atoms with E-state index in [-0.39, 0.29) is 12.1 Å². The first kappa shape index (κ1) is 28.8. The van der Waals surface area contributed by atoms with Crippen molar-refractivity contribution in [2.24, 2.45) is 0 Å². The van der Waals surface area contributed by atoms with Crippen molar-refractivity contribution in [3.63, 3.8) is 0 Å².